The number of aliphatic hydroxyl groups excluding tert-OH is 1. The lowest BCUT2D eigenvalue weighted by atomic mass is 9.87. The maximum absolute atomic E-state index is 10.2. The van der Waals surface area contributed by atoms with Gasteiger partial charge in [-0.3, -0.25) is 0 Å². The maximum atomic E-state index is 10.2. The van der Waals surface area contributed by atoms with Crippen LogP contribution < -0.4 is 10.1 Å². The third kappa shape index (κ3) is 1.51. The van der Waals surface area contributed by atoms with Crippen molar-refractivity contribution in [3.63, 3.8) is 0 Å². The quantitative estimate of drug-likeness (QED) is 0.695. The van der Waals surface area contributed by atoms with Crippen molar-refractivity contribution >= 4 is 0 Å². The van der Waals surface area contributed by atoms with Crippen molar-refractivity contribution in [3.05, 3.63) is 29.3 Å². The molecule has 0 saturated carbocycles. The Labute approximate surface area is 95.4 Å². The van der Waals surface area contributed by atoms with E-state index in [9.17, 15) is 5.11 Å². The molecule has 2 atom stereocenters. The molecule has 1 aromatic carbocycles. The Morgan fingerprint density at radius 1 is 1.50 bits per heavy atom. The van der Waals surface area contributed by atoms with Gasteiger partial charge in [-0.25, -0.2) is 0 Å². The second-order valence-corrected chi connectivity index (χ2v) is 4.97. The van der Waals surface area contributed by atoms with E-state index in [1.54, 1.807) is 0 Å². The van der Waals surface area contributed by atoms with Crippen LogP contribution in [0.3, 0.4) is 0 Å². The summed E-state index contributed by atoms with van der Waals surface area (Å²) in [6, 6.07) is 6.04. The van der Waals surface area contributed by atoms with Gasteiger partial charge in [0.05, 0.1) is 6.10 Å². The van der Waals surface area contributed by atoms with Gasteiger partial charge in [0.1, 0.15) is 11.4 Å². The molecule has 1 spiro atoms. The molecule has 0 amide bonds. The number of benzene rings is 1. The van der Waals surface area contributed by atoms with Crippen molar-refractivity contribution in [2.45, 2.75) is 31.5 Å². The number of aliphatic hydroxyl groups is 1. The largest absolute Gasteiger partial charge is 0.485 e. The van der Waals surface area contributed by atoms with Gasteiger partial charge in [-0.2, -0.15) is 0 Å². The highest BCUT2D eigenvalue weighted by Crippen LogP contribution is 2.42. The molecular weight excluding hydrogens is 202 g/mol. The first kappa shape index (κ1) is 10.1. The Bertz CT molecular complexity index is 410. The molecule has 1 aromatic rings. The Hall–Kier alpha value is -1.06. The lowest BCUT2D eigenvalue weighted by Crippen LogP contribution is -2.42. The first-order valence-corrected chi connectivity index (χ1v) is 5.87. The summed E-state index contributed by atoms with van der Waals surface area (Å²) in [5.74, 6) is 0.855. The van der Waals surface area contributed by atoms with E-state index in [0.717, 1.165) is 30.8 Å². The molecule has 2 heterocycles. The van der Waals surface area contributed by atoms with E-state index < -0.39 is 0 Å². The number of rotatable bonds is 0. The van der Waals surface area contributed by atoms with Crippen LogP contribution >= 0.6 is 0 Å². The van der Waals surface area contributed by atoms with Crippen LogP contribution in [0.1, 0.15) is 30.1 Å². The van der Waals surface area contributed by atoms with Crippen LogP contribution in [-0.4, -0.2) is 23.8 Å². The number of ether oxygens (including phenoxy) is 1. The second kappa shape index (κ2) is 3.47. The highest BCUT2D eigenvalue weighted by Gasteiger charge is 2.42. The molecule has 16 heavy (non-hydrogen) atoms. The molecule has 3 heteroatoms. The first-order valence-electron chi connectivity index (χ1n) is 5.87. The average Bonchev–Trinajstić information content (AvgIpc) is 2.68. The minimum atomic E-state index is -0.386. The summed E-state index contributed by atoms with van der Waals surface area (Å²) in [5, 5.41) is 13.5. The molecule has 86 valence electrons. The molecule has 3 nitrogen and oxygen atoms in total. The molecule has 0 radical (unpaired) electrons. The SMILES string of the molecule is Cc1ccc2c(c1)C(O)CC1(CCNC1)O2. The van der Waals surface area contributed by atoms with E-state index in [4.69, 9.17) is 4.74 Å². The van der Waals surface area contributed by atoms with Gasteiger partial charge in [0.25, 0.3) is 0 Å². The molecule has 2 unspecified atom stereocenters. The lowest BCUT2D eigenvalue weighted by molar-refractivity contribution is -0.000330. The van der Waals surface area contributed by atoms with Crippen LogP contribution in [0.2, 0.25) is 0 Å². The predicted octanol–water partition coefficient (Wildman–Crippen LogP) is 1.54. The predicted molar refractivity (Wildman–Crippen MR) is 61.6 cm³/mol. The Kier molecular flexibility index (Phi) is 2.19. The molecule has 2 aliphatic heterocycles. The van der Waals surface area contributed by atoms with E-state index >= 15 is 0 Å². The highest BCUT2D eigenvalue weighted by atomic mass is 16.5. The maximum Gasteiger partial charge on any atom is 0.126 e. The van der Waals surface area contributed by atoms with Crippen LogP contribution in [0.5, 0.6) is 5.75 Å². The summed E-state index contributed by atoms with van der Waals surface area (Å²) in [5.41, 5.74) is 1.93. The van der Waals surface area contributed by atoms with Gasteiger partial charge in [0, 0.05) is 24.9 Å². The van der Waals surface area contributed by atoms with Gasteiger partial charge in [-0.1, -0.05) is 11.6 Å². The molecule has 0 aromatic heterocycles. The van der Waals surface area contributed by atoms with Gasteiger partial charge in [-0.15, -0.1) is 0 Å². The molecule has 0 bridgehead atoms. The smallest absolute Gasteiger partial charge is 0.126 e. The number of nitrogens with one attached hydrogen (secondary N) is 1. The molecule has 1 fully saturated rings. The minimum Gasteiger partial charge on any atom is -0.485 e. The molecule has 1 saturated heterocycles. The summed E-state index contributed by atoms with van der Waals surface area (Å²) < 4.78 is 6.08. The van der Waals surface area contributed by atoms with Crippen LogP contribution in [0.15, 0.2) is 18.2 Å². The van der Waals surface area contributed by atoms with Crippen molar-refractivity contribution in [1.29, 1.82) is 0 Å². The molecule has 0 aliphatic carbocycles. The zero-order valence-electron chi connectivity index (χ0n) is 9.49. The molecule has 2 N–H and O–H groups in total. The van der Waals surface area contributed by atoms with E-state index in [1.165, 1.54) is 5.56 Å². The lowest BCUT2D eigenvalue weighted by Gasteiger charge is -2.37. The van der Waals surface area contributed by atoms with Crippen molar-refractivity contribution in [1.82, 2.24) is 5.32 Å². The van der Waals surface area contributed by atoms with Gasteiger partial charge < -0.3 is 15.2 Å². The fraction of sp³-hybridized carbons (Fsp3) is 0.538. The van der Waals surface area contributed by atoms with Crippen LogP contribution in [-0.2, 0) is 0 Å². The fourth-order valence-electron chi connectivity index (χ4n) is 2.74. The zero-order valence-corrected chi connectivity index (χ0v) is 9.49. The van der Waals surface area contributed by atoms with Crippen LogP contribution in [0.25, 0.3) is 0 Å². The fourth-order valence-corrected chi connectivity index (χ4v) is 2.74. The third-order valence-electron chi connectivity index (χ3n) is 3.62. The molecule has 2 aliphatic rings. The second-order valence-electron chi connectivity index (χ2n) is 4.97. The van der Waals surface area contributed by atoms with Crippen LogP contribution in [0, 0.1) is 6.92 Å². The summed E-state index contributed by atoms with van der Waals surface area (Å²) in [4.78, 5) is 0. The average molecular weight is 219 g/mol. The summed E-state index contributed by atoms with van der Waals surface area (Å²) >= 11 is 0. The number of hydrogen-bond acceptors (Lipinski definition) is 3. The number of fused-ring (bicyclic) bond motifs is 1. The highest BCUT2D eigenvalue weighted by molar-refractivity contribution is 5.41. The third-order valence-corrected chi connectivity index (χ3v) is 3.62. The standard InChI is InChI=1S/C13H17NO2/c1-9-2-3-12-10(6-9)11(15)7-13(16-12)4-5-14-8-13/h2-3,6,11,14-15H,4-5,7-8H2,1H3. The van der Waals surface area contributed by atoms with Gasteiger partial charge >= 0.3 is 0 Å². The number of aryl methyl sites for hydroxylation is 1. The summed E-state index contributed by atoms with van der Waals surface area (Å²) in [6.07, 6.45) is 1.30. The Morgan fingerprint density at radius 3 is 3.12 bits per heavy atom. The van der Waals surface area contributed by atoms with Crippen LogP contribution in [0.4, 0.5) is 0 Å². The van der Waals surface area contributed by atoms with Gasteiger partial charge in [0.15, 0.2) is 0 Å². The van der Waals surface area contributed by atoms with Crippen molar-refractivity contribution in [2.24, 2.45) is 0 Å². The van der Waals surface area contributed by atoms with Gasteiger partial charge in [0.2, 0.25) is 0 Å². The zero-order chi connectivity index (χ0) is 11.2. The first-order chi connectivity index (χ1) is 7.69. The normalized spacial score (nSPS) is 32.5. The molecular formula is C13H17NO2. The summed E-state index contributed by atoms with van der Waals surface area (Å²) in [7, 11) is 0. The van der Waals surface area contributed by atoms with E-state index in [1.807, 2.05) is 25.1 Å². The van der Waals surface area contributed by atoms with Gasteiger partial charge in [-0.05, 0) is 25.6 Å². The summed E-state index contributed by atoms with van der Waals surface area (Å²) in [6.45, 7) is 3.86. The molecule has 3 rings (SSSR count). The van der Waals surface area contributed by atoms with E-state index in [-0.39, 0.29) is 11.7 Å². The van der Waals surface area contributed by atoms with E-state index in [0.29, 0.717) is 6.42 Å². The Morgan fingerprint density at radius 2 is 2.38 bits per heavy atom. The monoisotopic (exact) mass is 219 g/mol. The van der Waals surface area contributed by atoms with Crippen molar-refractivity contribution in [2.75, 3.05) is 13.1 Å². The van der Waals surface area contributed by atoms with Crippen molar-refractivity contribution in [3.8, 4) is 5.75 Å². The minimum absolute atomic E-state index is 0.179. The van der Waals surface area contributed by atoms with Crippen molar-refractivity contribution < 1.29 is 9.84 Å². The number of hydrogen-bond donors (Lipinski definition) is 2. The van der Waals surface area contributed by atoms with E-state index in [2.05, 4.69) is 5.32 Å². The topological polar surface area (TPSA) is 41.5 Å². The Balaban J connectivity index is 1.99.